The Kier molecular flexibility index (Phi) is 3.94. The van der Waals surface area contributed by atoms with E-state index in [2.05, 4.69) is 44.6 Å². The van der Waals surface area contributed by atoms with E-state index in [0.29, 0.717) is 11.4 Å². The van der Waals surface area contributed by atoms with Crippen LogP contribution < -0.4 is 10.6 Å². The van der Waals surface area contributed by atoms with Crippen LogP contribution in [0.25, 0.3) is 11.0 Å². The van der Waals surface area contributed by atoms with E-state index in [0.717, 1.165) is 36.4 Å². The lowest BCUT2D eigenvalue weighted by Gasteiger charge is -2.16. The topological polar surface area (TPSA) is 78.5 Å². The molecule has 6 nitrogen and oxygen atoms in total. The second kappa shape index (κ2) is 5.87. The van der Waals surface area contributed by atoms with Crippen molar-refractivity contribution >= 4 is 22.8 Å². The minimum absolute atomic E-state index is 0.493. The molecule has 6 heteroatoms. The second-order valence-electron chi connectivity index (χ2n) is 6.06. The molecule has 0 saturated heterocycles. The first-order valence-electron chi connectivity index (χ1n) is 7.95. The number of rotatable bonds is 8. The molecule has 1 fully saturated rings. The number of hydrogen-bond acceptors (Lipinski definition) is 5. The lowest BCUT2D eigenvalue weighted by molar-refractivity contribution is 0.485. The molecule has 21 heavy (non-hydrogen) atoms. The van der Waals surface area contributed by atoms with Crippen molar-refractivity contribution in [2.75, 3.05) is 23.7 Å². The van der Waals surface area contributed by atoms with E-state index in [1.807, 2.05) is 0 Å². The highest BCUT2D eigenvalue weighted by molar-refractivity contribution is 5.86. The highest BCUT2D eigenvalue weighted by Crippen LogP contribution is 2.49. The van der Waals surface area contributed by atoms with Gasteiger partial charge in [-0.1, -0.05) is 20.3 Å². The van der Waals surface area contributed by atoms with Gasteiger partial charge in [-0.25, -0.2) is 0 Å². The summed E-state index contributed by atoms with van der Waals surface area (Å²) >= 11 is 0. The van der Waals surface area contributed by atoms with Gasteiger partial charge in [0.1, 0.15) is 5.82 Å². The van der Waals surface area contributed by atoms with Crippen LogP contribution in [-0.2, 0) is 0 Å². The van der Waals surface area contributed by atoms with E-state index in [1.165, 1.54) is 25.7 Å². The smallest absolute Gasteiger partial charge is 0.226 e. The lowest BCUT2D eigenvalue weighted by atomic mass is 10.0. The van der Waals surface area contributed by atoms with Crippen molar-refractivity contribution in [3.8, 4) is 0 Å². The van der Waals surface area contributed by atoms with Gasteiger partial charge in [0, 0.05) is 13.1 Å². The number of fused-ring (bicyclic) bond motifs is 1. The zero-order chi connectivity index (χ0) is 14.7. The maximum absolute atomic E-state index is 4.61. The SMILES string of the molecule is CCCNc1nc(NCC2(CCC)CC2)c2cn[nH]c2n1. The van der Waals surface area contributed by atoms with Crippen LogP contribution in [0.4, 0.5) is 11.8 Å². The molecule has 1 aliphatic rings. The van der Waals surface area contributed by atoms with Crippen LogP contribution in [0.1, 0.15) is 46.0 Å². The van der Waals surface area contributed by atoms with Crippen LogP contribution in [0, 0.1) is 5.41 Å². The maximum atomic E-state index is 4.61. The van der Waals surface area contributed by atoms with Crippen molar-refractivity contribution < 1.29 is 0 Å². The van der Waals surface area contributed by atoms with Gasteiger partial charge in [0.15, 0.2) is 5.65 Å². The number of anilines is 2. The van der Waals surface area contributed by atoms with Crippen LogP contribution in [0.5, 0.6) is 0 Å². The fraction of sp³-hybridized carbons (Fsp3) is 0.667. The fourth-order valence-electron chi connectivity index (χ4n) is 2.78. The van der Waals surface area contributed by atoms with E-state index >= 15 is 0 Å². The molecule has 2 aromatic rings. The largest absolute Gasteiger partial charge is 0.369 e. The summed E-state index contributed by atoms with van der Waals surface area (Å²) in [7, 11) is 0. The minimum atomic E-state index is 0.493. The Morgan fingerprint density at radius 2 is 2.05 bits per heavy atom. The normalized spacial score (nSPS) is 16.1. The first-order chi connectivity index (χ1) is 10.3. The molecule has 0 unspecified atom stereocenters. The Hall–Kier alpha value is -1.85. The molecule has 0 amide bonds. The highest BCUT2D eigenvalue weighted by atomic mass is 15.2. The summed E-state index contributed by atoms with van der Waals surface area (Å²) in [6.07, 6.45) is 8.03. The van der Waals surface area contributed by atoms with E-state index in [9.17, 15) is 0 Å². The van der Waals surface area contributed by atoms with Gasteiger partial charge < -0.3 is 10.6 Å². The first kappa shape index (κ1) is 14.1. The van der Waals surface area contributed by atoms with Crippen LogP contribution in [0.15, 0.2) is 6.20 Å². The number of aromatic amines is 1. The highest BCUT2D eigenvalue weighted by Gasteiger charge is 2.41. The van der Waals surface area contributed by atoms with Crippen molar-refractivity contribution in [3.05, 3.63) is 6.20 Å². The molecule has 0 radical (unpaired) electrons. The third kappa shape index (κ3) is 3.09. The standard InChI is InChI=1S/C15H24N6/c1-3-5-15(6-7-15)10-17-12-11-9-18-21-13(11)20-14(19-12)16-8-4-2/h9H,3-8,10H2,1-2H3,(H3,16,17,18,19,20,21). The zero-order valence-corrected chi connectivity index (χ0v) is 12.9. The summed E-state index contributed by atoms with van der Waals surface area (Å²) in [4.78, 5) is 9.06. The number of hydrogen-bond donors (Lipinski definition) is 3. The molecule has 3 rings (SSSR count). The van der Waals surface area contributed by atoms with Crippen molar-refractivity contribution in [2.24, 2.45) is 5.41 Å². The molecule has 0 atom stereocenters. The van der Waals surface area contributed by atoms with Gasteiger partial charge in [-0.15, -0.1) is 0 Å². The van der Waals surface area contributed by atoms with Gasteiger partial charge in [-0.2, -0.15) is 15.1 Å². The van der Waals surface area contributed by atoms with Crippen LogP contribution in [0.2, 0.25) is 0 Å². The van der Waals surface area contributed by atoms with Gasteiger partial charge in [-0.05, 0) is 31.1 Å². The second-order valence-corrected chi connectivity index (χ2v) is 6.06. The fourth-order valence-corrected chi connectivity index (χ4v) is 2.78. The Bertz CT molecular complexity index is 601. The van der Waals surface area contributed by atoms with Crippen LogP contribution in [-0.4, -0.2) is 33.3 Å². The first-order valence-corrected chi connectivity index (χ1v) is 7.95. The molecule has 1 aliphatic carbocycles. The average molecular weight is 288 g/mol. The zero-order valence-electron chi connectivity index (χ0n) is 12.9. The molecule has 1 saturated carbocycles. The molecule has 0 aliphatic heterocycles. The third-order valence-electron chi connectivity index (χ3n) is 4.21. The van der Waals surface area contributed by atoms with Gasteiger partial charge >= 0.3 is 0 Å². The number of nitrogens with one attached hydrogen (secondary N) is 3. The predicted molar refractivity (Wildman–Crippen MR) is 85.5 cm³/mol. The lowest BCUT2D eigenvalue weighted by Crippen LogP contribution is -2.17. The Morgan fingerprint density at radius 3 is 2.76 bits per heavy atom. The van der Waals surface area contributed by atoms with E-state index < -0.39 is 0 Å². The molecular weight excluding hydrogens is 264 g/mol. The quantitative estimate of drug-likeness (QED) is 0.695. The van der Waals surface area contributed by atoms with Crippen molar-refractivity contribution in [3.63, 3.8) is 0 Å². The van der Waals surface area contributed by atoms with E-state index in [4.69, 9.17) is 0 Å². The van der Waals surface area contributed by atoms with Gasteiger partial charge in [-0.3, -0.25) is 5.10 Å². The molecule has 114 valence electrons. The van der Waals surface area contributed by atoms with Crippen molar-refractivity contribution in [1.29, 1.82) is 0 Å². The average Bonchev–Trinajstić information content (AvgIpc) is 3.09. The molecule has 0 spiro atoms. The number of nitrogens with zero attached hydrogens (tertiary/aromatic N) is 3. The molecule has 0 bridgehead atoms. The Balaban J connectivity index is 1.77. The minimum Gasteiger partial charge on any atom is -0.369 e. The molecular formula is C15H24N6. The molecule has 3 N–H and O–H groups in total. The summed E-state index contributed by atoms with van der Waals surface area (Å²) in [5.41, 5.74) is 1.28. The monoisotopic (exact) mass is 288 g/mol. The summed E-state index contributed by atoms with van der Waals surface area (Å²) in [5, 5.41) is 14.8. The van der Waals surface area contributed by atoms with Crippen LogP contribution >= 0.6 is 0 Å². The number of H-pyrrole nitrogens is 1. The van der Waals surface area contributed by atoms with E-state index in [1.54, 1.807) is 6.20 Å². The molecule has 2 aromatic heterocycles. The van der Waals surface area contributed by atoms with Gasteiger partial charge in [0.25, 0.3) is 0 Å². The van der Waals surface area contributed by atoms with Gasteiger partial charge in [0.2, 0.25) is 5.95 Å². The van der Waals surface area contributed by atoms with Crippen molar-refractivity contribution in [2.45, 2.75) is 46.0 Å². The molecule has 0 aromatic carbocycles. The van der Waals surface area contributed by atoms with Crippen molar-refractivity contribution in [1.82, 2.24) is 20.2 Å². The summed E-state index contributed by atoms with van der Waals surface area (Å²) in [5.74, 6) is 1.55. The van der Waals surface area contributed by atoms with Crippen LogP contribution in [0.3, 0.4) is 0 Å². The third-order valence-corrected chi connectivity index (χ3v) is 4.21. The predicted octanol–water partition coefficient (Wildman–Crippen LogP) is 3.17. The maximum Gasteiger partial charge on any atom is 0.226 e. The summed E-state index contributed by atoms with van der Waals surface area (Å²) < 4.78 is 0. The number of aromatic nitrogens is 4. The summed E-state index contributed by atoms with van der Waals surface area (Å²) in [6.45, 7) is 6.25. The van der Waals surface area contributed by atoms with Gasteiger partial charge in [0.05, 0.1) is 11.6 Å². The Morgan fingerprint density at radius 1 is 1.19 bits per heavy atom. The molecule has 2 heterocycles. The Labute approximate surface area is 125 Å². The summed E-state index contributed by atoms with van der Waals surface area (Å²) in [6, 6.07) is 0. The van der Waals surface area contributed by atoms with E-state index in [-0.39, 0.29) is 0 Å².